The number of ether oxygens (including phenoxy) is 1. The third kappa shape index (κ3) is 3.22. The van der Waals surface area contributed by atoms with Crippen LogP contribution in [-0.4, -0.2) is 59.2 Å². The van der Waals surface area contributed by atoms with Crippen LogP contribution < -0.4 is 0 Å². The average molecular weight is 304 g/mol. The second-order valence-corrected chi connectivity index (χ2v) is 5.92. The highest BCUT2D eigenvalue weighted by Gasteiger charge is 2.40. The first-order chi connectivity index (χ1) is 10.6. The highest BCUT2D eigenvalue weighted by atomic mass is 16.6. The van der Waals surface area contributed by atoms with E-state index in [2.05, 4.69) is 4.90 Å². The van der Waals surface area contributed by atoms with Crippen LogP contribution in [0.5, 0.6) is 0 Å². The van der Waals surface area contributed by atoms with Gasteiger partial charge in [0, 0.05) is 32.2 Å². The molecule has 0 radical (unpaired) electrons. The van der Waals surface area contributed by atoms with Gasteiger partial charge in [0.15, 0.2) is 0 Å². The van der Waals surface area contributed by atoms with Gasteiger partial charge in [-0.25, -0.2) is 4.79 Å². The molecule has 3 rings (SSSR count). The first kappa shape index (κ1) is 14.8. The van der Waals surface area contributed by atoms with Crippen molar-refractivity contribution in [2.45, 2.75) is 19.1 Å². The minimum absolute atomic E-state index is 0.251. The molecule has 2 fully saturated rings. The normalized spacial score (nSPS) is 22.4. The Bertz CT molecular complexity index is 542. The van der Waals surface area contributed by atoms with Crippen molar-refractivity contribution in [1.29, 1.82) is 0 Å². The summed E-state index contributed by atoms with van der Waals surface area (Å²) in [7, 11) is 0. The van der Waals surface area contributed by atoms with E-state index < -0.39 is 5.97 Å². The standard InChI is InChI=1S/C16H20N2O4/c19-15(20)13-8-18(9-13)14-6-7-17(10-14)16(21)22-11-12-4-2-1-3-5-12/h1-5,13-14H,6-11H2,(H,19,20)/t14-/m0/s1. The van der Waals surface area contributed by atoms with Crippen LogP contribution >= 0.6 is 0 Å². The van der Waals surface area contributed by atoms with Crippen molar-refractivity contribution in [3.63, 3.8) is 0 Å². The number of carbonyl (C=O) groups excluding carboxylic acids is 1. The Kier molecular flexibility index (Phi) is 4.29. The lowest BCUT2D eigenvalue weighted by Gasteiger charge is -2.40. The maximum absolute atomic E-state index is 12.1. The summed E-state index contributed by atoms with van der Waals surface area (Å²) >= 11 is 0. The Morgan fingerprint density at radius 3 is 2.59 bits per heavy atom. The fourth-order valence-corrected chi connectivity index (χ4v) is 2.98. The van der Waals surface area contributed by atoms with Gasteiger partial charge in [0.05, 0.1) is 5.92 Å². The molecule has 2 aliphatic heterocycles. The molecule has 6 nitrogen and oxygen atoms in total. The highest BCUT2D eigenvalue weighted by Crippen LogP contribution is 2.25. The quantitative estimate of drug-likeness (QED) is 0.911. The largest absolute Gasteiger partial charge is 0.481 e. The van der Waals surface area contributed by atoms with Gasteiger partial charge >= 0.3 is 12.1 Å². The number of aliphatic carboxylic acids is 1. The molecular formula is C16H20N2O4. The Hall–Kier alpha value is -2.08. The van der Waals surface area contributed by atoms with Gasteiger partial charge in [-0.2, -0.15) is 0 Å². The number of carboxylic acid groups (broad SMARTS) is 1. The molecule has 1 aromatic rings. The number of benzene rings is 1. The Morgan fingerprint density at radius 2 is 1.91 bits per heavy atom. The van der Waals surface area contributed by atoms with E-state index in [4.69, 9.17) is 9.84 Å². The van der Waals surface area contributed by atoms with Crippen LogP contribution in [0.1, 0.15) is 12.0 Å². The van der Waals surface area contributed by atoms with E-state index in [0.717, 1.165) is 12.0 Å². The molecule has 118 valence electrons. The van der Waals surface area contributed by atoms with Gasteiger partial charge in [-0.05, 0) is 12.0 Å². The second kappa shape index (κ2) is 6.36. The topological polar surface area (TPSA) is 70.1 Å². The van der Waals surface area contributed by atoms with Crippen molar-refractivity contribution in [1.82, 2.24) is 9.80 Å². The molecule has 6 heteroatoms. The van der Waals surface area contributed by atoms with Gasteiger partial charge in [0.25, 0.3) is 0 Å². The maximum atomic E-state index is 12.1. The molecule has 2 saturated heterocycles. The summed E-state index contributed by atoms with van der Waals surface area (Å²) in [6, 6.07) is 9.86. The van der Waals surface area contributed by atoms with Crippen molar-refractivity contribution in [3.8, 4) is 0 Å². The lowest BCUT2D eigenvalue weighted by atomic mass is 9.97. The molecule has 0 aromatic heterocycles. The van der Waals surface area contributed by atoms with Crippen LogP contribution in [0, 0.1) is 5.92 Å². The van der Waals surface area contributed by atoms with Crippen molar-refractivity contribution in [2.75, 3.05) is 26.2 Å². The summed E-state index contributed by atoms with van der Waals surface area (Å²) in [5.74, 6) is -0.979. The zero-order valence-corrected chi connectivity index (χ0v) is 12.4. The maximum Gasteiger partial charge on any atom is 0.410 e. The number of rotatable bonds is 4. The third-order valence-corrected chi connectivity index (χ3v) is 4.40. The average Bonchev–Trinajstić information content (AvgIpc) is 2.93. The molecule has 0 spiro atoms. The van der Waals surface area contributed by atoms with E-state index in [0.29, 0.717) is 26.2 Å². The highest BCUT2D eigenvalue weighted by molar-refractivity contribution is 5.71. The minimum Gasteiger partial charge on any atom is -0.481 e. The number of likely N-dealkylation sites (tertiary alicyclic amines) is 2. The van der Waals surface area contributed by atoms with Crippen LogP contribution in [0.2, 0.25) is 0 Å². The van der Waals surface area contributed by atoms with Gasteiger partial charge in [0.2, 0.25) is 0 Å². The fraction of sp³-hybridized carbons (Fsp3) is 0.500. The van der Waals surface area contributed by atoms with Gasteiger partial charge in [-0.15, -0.1) is 0 Å². The molecule has 0 bridgehead atoms. The number of amides is 1. The van der Waals surface area contributed by atoms with E-state index in [9.17, 15) is 9.59 Å². The molecule has 0 aliphatic carbocycles. The number of carboxylic acids is 1. The minimum atomic E-state index is -0.728. The van der Waals surface area contributed by atoms with Crippen molar-refractivity contribution in [2.24, 2.45) is 5.92 Å². The van der Waals surface area contributed by atoms with Crippen molar-refractivity contribution < 1.29 is 19.4 Å². The van der Waals surface area contributed by atoms with Gasteiger partial charge in [-0.1, -0.05) is 30.3 Å². The second-order valence-electron chi connectivity index (χ2n) is 5.92. The van der Waals surface area contributed by atoms with E-state index in [-0.39, 0.29) is 24.7 Å². The smallest absolute Gasteiger partial charge is 0.410 e. The molecular weight excluding hydrogens is 284 g/mol. The number of nitrogens with zero attached hydrogens (tertiary/aromatic N) is 2. The van der Waals surface area contributed by atoms with Gasteiger partial charge in [-0.3, -0.25) is 9.69 Å². The predicted octanol–water partition coefficient (Wildman–Crippen LogP) is 1.41. The first-order valence-electron chi connectivity index (χ1n) is 7.56. The Morgan fingerprint density at radius 1 is 1.18 bits per heavy atom. The molecule has 0 saturated carbocycles. The zero-order chi connectivity index (χ0) is 15.5. The van der Waals surface area contributed by atoms with Crippen LogP contribution in [-0.2, 0) is 16.1 Å². The van der Waals surface area contributed by atoms with E-state index in [1.807, 2.05) is 30.3 Å². The third-order valence-electron chi connectivity index (χ3n) is 4.40. The fourth-order valence-electron chi connectivity index (χ4n) is 2.98. The summed E-state index contributed by atoms with van der Waals surface area (Å²) in [5.41, 5.74) is 0.971. The summed E-state index contributed by atoms with van der Waals surface area (Å²) < 4.78 is 5.33. The molecule has 1 N–H and O–H groups in total. The Balaban J connectivity index is 1.42. The van der Waals surface area contributed by atoms with Crippen LogP contribution in [0.4, 0.5) is 4.79 Å². The molecule has 0 unspecified atom stereocenters. The Labute approximate surface area is 129 Å². The molecule has 1 aromatic carbocycles. The van der Waals surface area contributed by atoms with Crippen molar-refractivity contribution >= 4 is 12.1 Å². The number of hydrogen-bond donors (Lipinski definition) is 1. The van der Waals surface area contributed by atoms with E-state index >= 15 is 0 Å². The van der Waals surface area contributed by atoms with E-state index in [1.165, 1.54) is 0 Å². The van der Waals surface area contributed by atoms with Crippen LogP contribution in [0.3, 0.4) is 0 Å². The lowest BCUT2D eigenvalue weighted by Crippen LogP contribution is -2.55. The molecule has 1 atom stereocenters. The van der Waals surface area contributed by atoms with E-state index in [1.54, 1.807) is 4.90 Å². The van der Waals surface area contributed by atoms with Gasteiger partial charge < -0.3 is 14.7 Å². The summed E-state index contributed by atoms with van der Waals surface area (Å²) in [5, 5.41) is 8.90. The monoisotopic (exact) mass is 304 g/mol. The van der Waals surface area contributed by atoms with Crippen LogP contribution in [0.25, 0.3) is 0 Å². The number of hydrogen-bond acceptors (Lipinski definition) is 4. The van der Waals surface area contributed by atoms with Gasteiger partial charge in [0.1, 0.15) is 6.61 Å². The molecule has 1 amide bonds. The summed E-state index contributed by atoms with van der Waals surface area (Å²) in [6.45, 7) is 2.76. The van der Waals surface area contributed by atoms with Crippen molar-refractivity contribution in [3.05, 3.63) is 35.9 Å². The number of carbonyl (C=O) groups is 2. The van der Waals surface area contributed by atoms with Crippen LogP contribution in [0.15, 0.2) is 30.3 Å². The zero-order valence-electron chi connectivity index (χ0n) is 12.4. The molecule has 2 heterocycles. The molecule has 2 aliphatic rings. The lowest BCUT2D eigenvalue weighted by molar-refractivity contribution is -0.148. The summed E-state index contributed by atoms with van der Waals surface area (Å²) in [4.78, 5) is 26.7. The molecule has 22 heavy (non-hydrogen) atoms. The summed E-state index contributed by atoms with van der Waals surface area (Å²) in [6.07, 6.45) is 0.592. The predicted molar refractivity (Wildman–Crippen MR) is 79.3 cm³/mol. The first-order valence-corrected chi connectivity index (χ1v) is 7.56. The SMILES string of the molecule is O=C(O)C1CN([C@H]2CCN(C(=O)OCc3ccccc3)C2)C1.